The quantitative estimate of drug-likeness (QED) is 0.839. The van der Waals surface area contributed by atoms with Crippen LogP contribution in [0.4, 0.5) is 0 Å². The van der Waals surface area contributed by atoms with Crippen LogP contribution in [-0.2, 0) is 26.6 Å². The molecule has 0 aromatic carbocycles. The van der Waals surface area contributed by atoms with Crippen LogP contribution in [0.25, 0.3) is 0 Å². The van der Waals surface area contributed by atoms with Gasteiger partial charge in [0.25, 0.3) is 0 Å². The molecule has 1 N–H and O–H groups in total. The third kappa shape index (κ3) is 3.70. The van der Waals surface area contributed by atoms with Crippen molar-refractivity contribution in [3.05, 3.63) is 35.7 Å². The fourth-order valence-electron chi connectivity index (χ4n) is 2.22. The maximum absolute atomic E-state index is 4.48. The lowest BCUT2D eigenvalue weighted by Crippen LogP contribution is -2.19. The van der Waals surface area contributed by atoms with Crippen molar-refractivity contribution in [2.45, 2.75) is 40.3 Å². The van der Waals surface area contributed by atoms with Crippen molar-refractivity contribution in [1.29, 1.82) is 0 Å². The van der Waals surface area contributed by atoms with E-state index >= 15 is 0 Å². The van der Waals surface area contributed by atoms with Gasteiger partial charge in [0.15, 0.2) is 0 Å². The van der Waals surface area contributed by atoms with Crippen molar-refractivity contribution in [3.63, 3.8) is 0 Å². The van der Waals surface area contributed by atoms with Gasteiger partial charge in [0.1, 0.15) is 5.82 Å². The van der Waals surface area contributed by atoms with Crippen LogP contribution in [0.3, 0.4) is 0 Å². The lowest BCUT2D eigenvalue weighted by atomic mass is 10.2. The summed E-state index contributed by atoms with van der Waals surface area (Å²) >= 11 is 0. The molecule has 0 saturated heterocycles. The Morgan fingerprint density at radius 2 is 2.15 bits per heavy atom. The molecule has 5 nitrogen and oxygen atoms in total. The molecule has 2 rings (SSSR count). The molecular weight excluding hydrogens is 250 g/mol. The van der Waals surface area contributed by atoms with Gasteiger partial charge in [0.05, 0.1) is 6.20 Å². The summed E-state index contributed by atoms with van der Waals surface area (Å²) in [6.07, 6.45) is 6.70. The van der Waals surface area contributed by atoms with E-state index in [1.54, 1.807) is 0 Å². The average molecular weight is 275 g/mol. The largest absolute Gasteiger partial charge is 0.338 e. The monoisotopic (exact) mass is 275 g/mol. The highest BCUT2D eigenvalue weighted by atomic mass is 15.3. The highest BCUT2D eigenvalue weighted by molar-refractivity contribution is 5.15. The van der Waals surface area contributed by atoms with Crippen LogP contribution in [0.2, 0.25) is 0 Å². The maximum atomic E-state index is 4.48. The normalized spacial score (nSPS) is 11.4. The first-order chi connectivity index (χ1) is 9.58. The number of aryl methyl sites for hydroxylation is 3. The second kappa shape index (κ2) is 6.70. The van der Waals surface area contributed by atoms with Crippen molar-refractivity contribution in [3.8, 4) is 0 Å². The Morgan fingerprint density at radius 1 is 1.35 bits per heavy atom. The molecular formula is C15H25N5. The average Bonchev–Trinajstić information content (AvgIpc) is 2.95. The Kier molecular flexibility index (Phi) is 4.95. The SMILES string of the molecule is Cc1c(CNCC(C)C)cnn1CCc1nccn1C. The molecule has 0 spiro atoms. The molecule has 0 amide bonds. The van der Waals surface area contributed by atoms with Gasteiger partial charge < -0.3 is 9.88 Å². The van der Waals surface area contributed by atoms with Crippen LogP contribution >= 0.6 is 0 Å². The van der Waals surface area contributed by atoms with Crippen molar-refractivity contribution in [2.75, 3.05) is 6.54 Å². The van der Waals surface area contributed by atoms with Gasteiger partial charge in [-0.05, 0) is 19.4 Å². The summed E-state index contributed by atoms with van der Waals surface area (Å²) in [7, 11) is 2.03. The van der Waals surface area contributed by atoms with E-state index in [0.29, 0.717) is 5.92 Å². The number of aromatic nitrogens is 4. The molecule has 110 valence electrons. The molecule has 2 aromatic heterocycles. The van der Waals surface area contributed by atoms with Gasteiger partial charge >= 0.3 is 0 Å². The summed E-state index contributed by atoms with van der Waals surface area (Å²) in [6, 6.07) is 0. The first-order valence-corrected chi connectivity index (χ1v) is 7.26. The van der Waals surface area contributed by atoms with Gasteiger partial charge in [-0.1, -0.05) is 13.8 Å². The fourth-order valence-corrected chi connectivity index (χ4v) is 2.22. The second-order valence-electron chi connectivity index (χ2n) is 5.71. The molecule has 0 saturated carbocycles. The first-order valence-electron chi connectivity index (χ1n) is 7.26. The molecule has 0 aliphatic carbocycles. The topological polar surface area (TPSA) is 47.7 Å². The van der Waals surface area contributed by atoms with E-state index < -0.39 is 0 Å². The molecule has 2 aromatic rings. The van der Waals surface area contributed by atoms with E-state index in [-0.39, 0.29) is 0 Å². The molecule has 0 radical (unpaired) electrons. The predicted molar refractivity (Wildman–Crippen MR) is 80.4 cm³/mol. The van der Waals surface area contributed by atoms with Gasteiger partial charge in [-0.3, -0.25) is 4.68 Å². The van der Waals surface area contributed by atoms with Gasteiger partial charge in [0.2, 0.25) is 0 Å². The minimum Gasteiger partial charge on any atom is -0.338 e. The van der Waals surface area contributed by atoms with Crippen molar-refractivity contribution in [2.24, 2.45) is 13.0 Å². The molecule has 0 bridgehead atoms. The van der Waals surface area contributed by atoms with Crippen LogP contribution in [0, 0.1) is 12.8 Å². The summed E-state index contributed by atoms with van der Waals surface area (Å²) in [6.45, 7) is 9.38. The van der Waals surface area contributed by atoms with Gasteiger partial charge in [0, 0.05) is 50.2 Å². The van der Waals surface area contributed by atoms with Gasteiger partial charge in [-0.2, -0.15) is 5.10 Å². The number of nitrogens with zero attached hydrogens (tertiary/aromatic N) is 4. The van der Waals surface area contributed by atoms with E-state index in [1.165, 1.54) is 11.3 Å². The Labute approximate surface area is 121 Å². The van der Waals surface area contributed by atoms with Crippen LogP contribution in [-0.4, -0.2) is 25.9 Å². The van der Waals surface area contributed by atoms with Crippen LogP contribution in [0.15, 0.2) is 18.6 Å². The minimum absolute atomic E-state index is 0.675. The highest BCUT2D eigenvalue weighted by Crippen LogP contribution is 2.08. The zero-order valence-corrected chi connectivity index (χ0v) is 12.9. The number of hydrogen-bond acceptors (Lipinski definition) is 3. The smallest absolute Gasteiger partial charge is 0.110 e. The van der Waals surface area contributed by atoms with Crippen LogP contribution < -0.4 is 5.32 Å². The van der Waals surface area contributed by atoms with E-state index in [1.807, 2.05) is 25.6 Å². The summed E-state index contributed by atoms with van der Waals surface area (Å²) in [5.41, 5.74) is 2.53. The van der Waals surface area contributed by atoms with Crippen molar-refractivity contribution >= 4 is 0 Å². The standard InChI is InChI=1S/C15H25N5/c1-12(2)9-16-10-14-11-18-20(13(14)3)7-5-15-17-6-8-19(15)4/h6,8,11-12,16H,5,7,9-10H2,1-4H3. The number of hydrogen-bond donors (Lipinski definition) is 1. The summed E-state index contributed by atoms with van der Waals surface area (Å²) in [5, 5.41) is 7.95. The molecule has 20 heavy (non-hydrogen) atoms. The van der Waals surface area contributed by atoms with E-state index in [4.69, 9.17) is 0 Å². The Hall–Kier alpha value is -1.62. The van der Waals surface area contributed by atoms with Gasteiger partial charge in [-0.15, -0.1) is 0 Å². The Balaban J connectivity index is 1.90. The molecule has 0 aliphatic heterocycles. The molecule has 0 aliphatic rings. The zero-order chi connectivity index (χ0) is 14.5. The van der Waals surface area contributed by atoms with E-state index in [9.17, 15) is 0 Å². The van der Waals surface area contributed by atoms with Gasteiger partial charge in [-0.25, -0.2) is 4.98 Å². The molecule has 0 atom stereocenters. The summed E-state index contributed by atoms with van der Waals surface area (Å²) < 4.78 is 4.13. The highest BCUT2D eigenvalue weighted by Gasteiger charge is 2.07. The second-order valence-corrected chi connectivity index (χ2v) is 5.71. The zero-order valence-electron chi connectivity index (χ0n) is 12.9. The van der Waals surface area contributed by atoms with Crippen molar-refractivity contribution < 1.29 is 0 Å². The molecule has 0 fully saturated rings. The van der Waals surface area contributed by atoms with E-state index in [2.05, 4.69) is 45.4 Å². The maximum Gasteiger partial charge on any atom is 0.110 e. The number of imidazole rings is 1. The first kappa shape index (κ1) is 14.8. The van der Waals surface area contributed by atoms with Crippen LogP contribution in [0.1, 0.15) is 30.9 Å². The number of rotatable bonds is 7. The van der Waals surface area contributed by atoms with E-state index in [0.717, 1.165) is 31.9 Å². The lowest BCUT2D eigenvalue weighted by Gasteiger charge is -2.08. The number of nitrogens with one attached hydrogen (secondary N) is 1. The lowest BCUT2D eigenvalue weighted by molar-refractivity contribution is 0.548. The fraction of sp³-hybridized carbons (Fsp3) is 0.600. The van der Waals surface area contributed by atoms with Crippen molar-refractivity contribution in [1.82, 2.24) is 24.6 Å². The minimum atomic E-state index is 0.675. The summed E-state index contributed by atoms with van der Waals surface area (Å²) in [4.78, 5) is 4.35. The van der Waals surface area contributed by atoms with Crippen LogP contribution in [0.5, 0.6) is 0 Å². The third-order valence-corrected chi connectivity index (χ3v) is 3.54. The summed E-state index contributed by atoms with van der Waals surface area (Å²) in [5.74, 6) is 1.77. The Morgan fingerprint density at radius 3 is 2.80 bits per heavy atom. The Bertz CT molecular complexity index is 538. The molecule has 2 heterocycles. The molecule has 5 heteroatoms. The molecule has 0 unspecified atom stereocenters. The third-order valence-electron chi connectivity index (χ3n) is 3.54. The predicted octanol–water partition coefficient (Wildman–Crippen LogP) is 1.91.